The highest BCUT2D eigenvalue weighted by molar-refractivity contribution is 4.98. The van der Waals surface area contributed by atoms with E-state index in [0.717, 1.165) is 12.8 Å². The van der Waals surface area contributed by atoms with Crippen LogP contribution in [0, 0.1) is 16.7 Å². The zero-order chi connectivity index (χ0) is 9.19. The molecule has 0 aromatic rings. The number of nitrogens with zero attached hydrogens (tertiary/aromatic N) is 1. The molecule has 68 valence electrons. The van der Waals surface area contributed by atoms with E-state index >= 15 is 0 Å². The molecule has 0 spiro atoms. The fourth-order valence-electron chi connectivity index (χ4n) is 1.82. The average Bonchev–Trinajstić information content (AvgIpc) is 2.32. The van der Waals surface area contributed by atoms with Gasteiger partial charge in [-0.2, -0.15) is 5.26 Å². The maximum Gasteiger partial charge on any atom is 0.0955 e. The normalized spacial score (nSPS) is 30.2. The molecule has 2 nitrogen and oxygen atoms in total. The van der Waals surface area contributed by atoms with Crippen molar-refractivity contribution < 1.29 is 0 Å². The molecular weight excluding hydrogens is 148 g/mol. The van der Waals surface area contributed by atoms with Crippen LogP contribution >= 0.6 is 0 Å². The van der Waals surface area contributed by atoms with Gasteiger partial charge in [0.1, 0.15) is 0 Å². The van der Waals surface area contributed by atoms with Crippen LogP contribution in [0.2, 0.25) is 0 Å². The molecule has 0 unspecified atom stereocenters. The molecule has 0 saturated carbocycles. The Morgan fingerprint density at radius 2 is 2.08 bits per heavy atom. The summed E-state index contributed by atoms with van der Waals surface area (Å²) in [6, 6.07) is 2.94. The Balaban J connectivity index is 2.34. The molecule has 0 aromatic heterocycles. The van der Waals surface area contributed by atoms with Crippen molar-refractivity contribution in [2.24, 2.45) is 5.41 Å². The first-order valence-electron chi connectivity index (χ1n) is 4.67. The Kier molecular flexibility index (Phi) is 2.74. The second kappa shape index (κ2) is 3.45. The Hall–Kier alpha value is -0.550. The monoisotopic (exact) mass is 166 g/mol. The zero-order valence-corrected chi connectivity index (χ0v) is 8.22. The van der Waals surface area contributed by atoms with E-state index in [2.05, 4.69) is 32.2 Å². The van der Waals surface area contributed by atoms with Crippen LogP contribution in [-0.2, 0) is 0 Å². The van der Waals surface area contributed by atoms with Crippen LogP contribution in [0.25, 0.3) is 0 Å². The van der Waals surface area contributed by atoms with Gasteiger partial charge in [-0.15, -0.1) is 0 Å². The third-order valence-electron chi connectivity index (χ3n) is 2.26. The summed E-state index contributed by atoms with van der Waals surface area (Å²) in [7, 11) is 0. The molecule has 12 heavy (non-hydrogen) atoms. The van der Waals surface area contributed by atoms with Crippen LogP contribution in [0.3, 0.4) is 0 Å². The molecule has 0 aliphatic carbocycles. The van der Waals surface area contributed by atoms with Crippen molar-refractivity contribution in [1.82, 2.24) is 5.32 Å². The Morgan fingerprint density at radius 3 is 2.50 bits per heavy atom. The molecule has 0 bridgehead atoms. The predicted octanol–water partition coefficient (Wildman–Crippen LogP) is 2.07. The molecule has 0 aromatic carbocycles. The summed E-state index contributed by atoms with van der Waals surface area (Å²) in [5, 5.41) is 12.0. The lowest BCUT2D eigenvalue weighted by Crippen LogP contribution is -2.31. The Bertz CT molecular complexity index is 185. The summed E-state index contributed by atoms with van der Waals surface area (Å²) in [6.07, 6.45) is 3.36. The molecule has 0 amide bonds. The summed E-state index contributed by atoms with van der Waals surface area (Å²) >= 11 is 0. The lowest BCUT2D eigenvalue weighted by atomic mass is 9.88. The van der Waals surface area contributed by atoms with Gasteiger partial charge in [0, 0.05) is 6.04 Å². The standard InChI is InChI=1S/C10H18N2/c1-10(2,3)6-8-4-5-9(7-11)12-8/h8-9,12H,4-6H2,1-3H3/t8-,9-/m0/s1. The van der Waals surface area contributed by atoms with Gasteiger partial charge < -0.3 is 0 Å². The number of rotatable bonds is 1. The van der Waals surface area contributed by atoms with Crippen LogP contribution < -0.4 is 5.32 Å². The molecular formula is C10H18N2. The van der Waals surface area contributed by atoms with E-state index in [0.29, 0.717) is 11.5 Å². The first-order valence-corrected chi connectivity index (χ1v) is 4.67. The van der Waals surface area contributed by atoms with E-state index in [1.807, 2.05) is 0 Å². The van der Waals surface area contributed by atoms with Crippen LogP contribution in [0.4, 0.5) is 0 Å². The molecule has 1 fully saturated rings. The fourth-order valence-corrected chi connectivity index (χ4v) is 1.82. The van der Waals surface area contributed by atoms with Gasteiger partial charge in [-0.05, 0) is 24.7 Å². The van der Waals surface area contributed by atoms with Gasteiger partial charge in [-0.25, -0.2) is 0 Å². The topological polar surface area (TPSA) is 35.8 Å². The van der Waals surface area contributed by atoms with Crippen molar-refractivity contribution in [1.29, 1.82) is 5.26 Å². The summed E-state index contributed by atoms with van der Waals surface area (Å²) in [5.74, 6) is 0. The van der Waals surface area contributed by atoms with E-state index in [1.54, 1.807) is 0 Å². The molecule has 1 rings (SSSR count). The van der Waals surface area contributed by atoms with Crippen molar-refractivity contribution in [3.8, 4) is 6.07 Å². The van der Waals surface area contributed by atoms with Gasteiger partial charge >= 0.3 is 0 Å². The Morgan fingerprint density at radius 1 is 1.42 bits per heavy atom. The minimum atomic E-state index is 0.109. The largest absolute Gasteiger partial charge is 0.299 e. The van der Waals surface area contributed by atoms with Gasteiger partial charge in [0.05, 0.1) is 12.1 Å². The molecule has 2 atom stereocenters. The maximum atomic E-state index is 8.67. The number of nitriles is 1. The van der Waals surface area contributed by atoms with E-state index in [4.69, 9.17) is 5.26 Å². The quantitative estimate of drug-likeness (QED) is 0.647. The highest BCUT2D eigenvalue weighted by Gasteiger charge is 2.26. The van der Waals surface area contributed by atoms with Crippen LogP contribution in [0.15, 0.2) is 0 Å². The average molecular weight is 166 g/mol. The third-order valence-corrected chi connectivity index (χ3v) is 2.26. The van der Waals surface area contributed by atoms with Crippen molar-refractivity contribution in [3.63, 3.8) is 0 Å². The first kappa shape index (κ1) is 9.54. The van der Waals surface area contributed by atoms with Crippen molar-refractivity contribution >= 4 is 0 Å². The molecule has 0 radical (unpaired) electrons. The van der Waals surface area contributed by atoms with Crippen LogP contribution in [0.1, 0.15) is 40.0 Å². The van der Waals surface area contributed by atoms with Crippen molar-refractivity contribution in [2.75, 3.05) is 0 Å². The minimum Gasteiger partial charge on any atom is -0.299 e. The lowest BCUT2D eigenvalue weighted by molar-refractivity contribution is 0.323. The molecule has 2 heteroatoms. The Labute approximate surface area is 75.0 Å². The van der Waals surface area contributed by atoms with Gasteiger partial charge in [0.25, 0.3) is 0 Å². The lowest BCUT2D eigenvalue weighted by Gasteiger charge is -2.22. The van der Waals surface area contributed by atoms with Gasteiger partial charge in [-0.3, -0.25) is 5.32 Å². The number of nitrogens with one attached hydrogen (secondary N) is 1. The van der Waals surface area contributed by atoms with Crippen molar-refractivity contribution in [2.45, 2.75) is 52.1 Å². The summed E-state index contributed by atoms with van der Waals surface area (Å²) in [4.78, 5) is 0. The summed E-state index contributed by atoms with van der Waals surface area (Å²) in [6.45, 7) is 6.73. The molecule has 1 N–H and O–H groups in total. The second-order valence-corrected chi connectivity index (χ2v) is 4.89. The third kappa shape index (κ3) is 2.83. The van der Waals surface area contributed by atoms with Gasteiger partial charge in [0.15, 0.2) is 0 Å². The zero-order valence-electron chi connectivity index (χ0n) is 8.22. The molecule has 1 aliphatic heterocycles. The summed E-state index contributed by atoms with van der Waals surface area (Å²) in [5.41, 5.74) is 0.377. The first-order chi connectivity index (χ1) is 5.51. The van der Waals surface area contributed by atoms with E-state index in [1.165, 1.54) is 6.42 Å². The van der Waals surface area contributed by atoms with Crippen LogP contribution in [-0.4, -0.2) is 12.1 Å². The minimum absolute atomic E-state index is 0.109. The molecule has 1 heterocycles. The van der Waals surface area contributed by atoms with Gasteiger partial charge in [-0.1, -0.05) is 20.8 Å². The van der Waals surface area contributed by atoms with Gasteiger partial charge in [0.2, 0.25) is 0 Å². The number of hydrogen-bond acceptors (Lipinski definition) is 2. The summed E-state index contributed by atoms with van der Waals surface area (Å²) < 4.78 is 0. The van der Waals surface area contributed by atoms with E-state index in [-0.39, 0.29) is 6.04 Å². The van der Waals surface area contributed by atoms with Crippen molar-refractivity contribution in [3.05, 3.63) is 0 Å². The van der Waals surface area contributed by atoms with E-state index in [9.17, 15) is 0 Å². The molecule has 1 aliphatic rings. The fraction of sp³-hybridized carbons (Fsp3) is 0.900. The maximum absolute atomic E-state index is 8.67. The van der Waals surface area contributed by atoms with Crippen LogP contribution in [0.5, 0.6) is 0 Å². The predicted molar refractivity (Wildman–Crippen MR) is 49.6 cm³/mol. The highest BCUT2D eigenvalue weighted by Crippen LogP contribution is 2.26. The SMILES string of the molecule is CC(C)(C)C[C@@H]1CC[C@@H](C#N)N1. The van der Waals surface area contributed by atoms with E-state index < -0.39 is 0 Å². The molecule has 1 saturated heterocycles. The highest BCUT2D eigenvalue weighted by atomic mass is 15.0. The smallest absolute Gasteiger partial charge is 0.0955 e. The second-order valence-electron chi connectivity index (χ2n) is 4.89. The number of hydrogen-bond donors (Lipinski definition) is 1.